The maximum Gasteiger partial charge on any atom is 0.325 e. The molecule has 4 rings (SSSR count). The minimum atomic E-state index is -1.75. The van der Waals surface area contributed by atoms with Crippen molar-refractivity contribution in [1.29, 1.82) is 0 Å². The first-order chi connectivity index (χ1) is 22.1. The average molecular weight is 711 g/mol. The fraction of sp³-hybridized carbons (Fsp3) is 0.545. The Bertz CT molecular complexity index is 1510. The molecule has 47 heavy (non-hydrogen) atoms. The Kier molecular flexibility index (Phi) is 12.2. The summed E-state index contributed by atoms with van der Waals surface area (Å²) in [4.78, 5) is 56.5. The first-order valence-electron chi connectivity index (χ1n) is 15.7. The van der Waals surface area contributed by atoms with Crippen molar-refractivity contribution in [3.05, 3.63) is 47.8 Å². The minimum Gasteiger partial charge on any atom is -0.460 e. The van der Waals surface area contributed by atoms with Crippen molar-refractivity contribution < 1.29 is 29.0 Å². The third kappa shape index (κ3) is 10.5. The molecular formula is C33H42Cl3N5O6. The van der Waals surface area contributed by atoms with Crippen LogP contribution in [-0.2, 0) is 23.9 Å². The molecule has 2 heterocycles. The van der Waals surface area contributed by atoms with Gasteiger partial charge in [-0.15, -0.1) is 0 Å². The summed E-state index contributed by atoms with van der Waals surface area (Å²) in [5.74, 6) is -2.09. The lowest BCUT2D eigenvalue weighted by Gasteiger charge is -2.34. The number of aliphatic hydroxyl groups excluding tert-OH is 1. The van der Waals surface area contributed by atoms with Gasteiger partial charge in [0, 0.05) is 24.5 Å². The number of rotatable bonds is 12. The van der Waals surface area contributed by atoms with E-state index in [1.54, 1.807) is 20.0 Å². The van der Waals surface area contributed by atoms with Crippen molar-refractivity contribution in [3.8, 4) is 0 Å². The summed E-state index contributed by atoms with van der Waals surface area (Å²) >= 11 is 17.0. The molecule has 1 aliphatic heterocycles. The summed E-state index contributed by atoms with van der Waals surface area (Å²) in [7, 11) is 0. The fourth-order valence-corrected chi connectivity index (χ4v) is 5.56. The van der Waals surface area contributed by atoms with E-state index < -0.39 is 52.4 Å². The predicted octanol–water partition coefficient (Wildman–Crippen LogP) is 4.53. The van der Waals surface area contributed by atoms with Gasteiger partial charge in [0.25, 0.3) is 5.91 Å². The molecule has 1 aromatic heterocycles. The van der Waals surface area contributed by atoms with E-state index in [0.717, 1.165) is 34.9 Å². The first-order valence-corrected chi connectivity index (χ1v) is 16.9. The molecule has 4 atom stereocenters. The van der Waals surface area contributed by atoms with E-state index in [1.807, 2.05) is 50.3 Å². The van der Waals surface area contributed by atoms with Crippen molar-refractivity contribution in [2.24, 2.45) is 11.3 Å². The molecule has 2 aromatic rings. The number of hydrogen-bond acceptors (Lipinski definition) is 8. The zero-order valence-electron chi connectivity index (χ0n) is 26.9. The molecule has 0 spiro atoms. The summed E-state index contributed by atoms with van der Waals surface area (Å²) in [6.07, 6.45) is 7.96. The third-order valence-corrected chi connectivity index (χ3v) is 8.70. The second-order valence-corrected chi connectivity index (χ2v) is 15.3. The SMILES string of the molecule is CC(C)[C@H](NC(=O)CC1(C=Cc2cc3cc([C@@H](C)O)ccc3cn2)CC1)C(=O)N[C@@H](C)C(=O)N1CCC[C@@H](C(=O)OCC(Cl)(Cl)Cl)N1. The first kappa shape index (κ1) is 36.9. The zero-order valence-corrected chi connectivity index (χ0v) is 29.2. The summed E-state index contributed by atoms with van der Waals surface area (Å²) in [6, 6.07) is 5.10. The highest BCUT2D eigenvalue weighted by Gasteiger charge is 2.42. The Balaban J connectivity index is 1.31. The number of hydrazine groups is 1. The number of nitrogens with zero attached hydrogens (tertiary/aromatic N) is 2. The van der Waals surface area contributed by atoms with Crippen molar-refractivity contribution in [2.75, 3.05) is 13.2 Å². The highest BCUT2D eigenvalue weighted by molar-refractivity contribution is 6.67. The van der Waals surface area contributed by atoms with Crippen LogP contribution in [0.1, 0.15) is 77.2 Å². The molecule has 0 bridgehead atoms. The molecule has 14 heteroatoms. The Morgan fingerprint density at radius 1 is 1.13 bits per heavy atom. The molecule has 2 aliphatic rings. The van der Waals surface area contributed by atoms with Gasteiger partial charge < -0.3 is 20.5 Å². The Hall–Kier alpha value is -2.96. The third-order valence-electron chi connectivity index (χ3n) is 8.37. The average Bonchev–Trinajstić information content (AvgIpc) is 3.79. The Morgan fingerprint density at radius 3 is 2.49 bits per heavy atom. The summed E-state index contributed by atoms with van der Waals surface area (Å²) in [5.41, 5.74) is 4.09. The molecule has 0 unspecified atom stereocenters. The van der Waals surface area contributed by atoms with E-state index in [1.165, 1.54) is 5.01 Å². The number of hydrogen-bond donors (Lipinski definition) is 4. The number of nitrogens with one attached hydrogen (secondary N) is 3. The number of carbonyl (C=O) groups excluding carboxylic acids is 4. The standard InChI is InChI=1S/C33H42Cl3N5O6/c1-19(2)28(29(44)38-20(3)30(45)41-13-5-6-26(40-41)31(46)47-18-33(34,35)36)39-27(43)16-32(11-12-32)10-9-25-15-24-14-22(21(4)42)7-8-23(24)17-37-25/h7-10,14-15,17,19-21,26,28,40,42H,5-6,11-13,16,18H2,1-4H3,(H,38,44)(H,39,43)/t20-,21+,26-,28-/m0/s1. The highest BCUT2D eigenvalue weighted by atomic mass is 35.6. The Morgan fingerprint density at radius 2 is 1.85 bits per heavy atom. The lowest BCUT2D eigenvalue weighted by atomic mass is 9.98. The van der Waals surface area contributed by atoms with Crippen LogP contribution in [0, 0.1) is 11.3 Å². The van der Waals surface area contributed by atoms with Crippen LogP contribution in [0.5, 0.6) is 0 Å². The van der Waals surface area contributed by atoms with E-state index in [4.69, 9.17) is 39.5 Å². The van der Waals surface area contributed by atoms with Gasteiger partial charge >= 0.3 is 5.97 Å². The molecule has 4 N–H and O–H groups in total. The summed E-state index contributed by atoms with van der Waals surface area (Å²) in [6.45, 7) is 6.80. The van der Waals surface area contributed by atoms with Crippen molar-refractivity contribution in [1.82, 2.24) is 26.1 Å². The van der Waals surface area contributed by atoms with Gasteiger partial charge in [0.1, 0.15) is 24.7 Å². The van der Waals surface area contributed by atoms with Gasteiger partial charge in [-0.1, -0.05) is 66.9 Å². The fourth-order valence-electron chi connectivity index (χ4n) is 5.40. The van der Waals surface area contributed by atoms with Gasteiger partial charge in [-0.3, -0.25) is 29.2 Å². The highest BCUT2D eigenvalue weighted by Crippen LogP contribution is 2.50. The van der Waals surface area contributed by atoms with Crippen molar-refractivity contribution in [2.45, 2.75) is 87.8 Å². The molecule has 2 fully saturated rings. The number of aliphatic hydroxyl groups is 1. The molecule has 1 aliphatic carbocycles. The summed E-state index contributed by atoms with van der Waals surface area (Å²) < 4.78 is 3.28. The number of alkyl halides is 3. The molecule has 1 aromatic carbocycles. The molecule has 256 valence electrons. The number of halogens is 3. The Labute approximate surface area is 289 Å². The van der Waals surface area contributed by atoms with Crippen LogP contribution in [0.25, 0.3) is 16.8 Å². The molecule has 3 amide bonds. The van der Waals surface area contributed by atoms with E-state index in [9.17, 15) is 24.3 Å². The monoisotopic (exact) mass is 709 g/mol. The number of allylic oxidation sites excluding steroid dienone is 1. The summed E-state index contributed by atoms with van der Waals surface area (Å²) in [5, 5.41) is 18.7. The van der Waals surface area contributed by atoms with Crippen LogP contribution in [-0.4, -0.2) is 73.9 Å². The predicted molar refractivity (Wildman–Crippen MR) is 181 cm³/mol. The van der Waals surface area contributed by atoms with Crippen LogP contribution in [0.2, 0.25) is 0 Å². The van der Waals surface area contributed by atoms with Gasteiger partial charge in [-0.05, 0) is 80.0 Å². The number of aromatic nitrogens is 1. The topological polar surface area (TPSA) is 150 Å². The lowest BCUT2D eigenvalue weighted by molar-refractivity contribution is -0.152. The normalized spacial score (nSPS) is 19.7. The van der Waals surface area contributed by atoms with Crippen LogP contribution in [0.15, 0.2) is 36.5 Å². The minimum absolute atomic E-state index is 0.210. The molecule has 0 radical (unpaired) electrons. The van der Waals surface area contributed by atoms with Crippen LogP contribution < -0.4 is 16.1 Å². The van der Waals surface area contributed by atoms with Gasteiger partial charge in [-0.2, -0.15) is 0 Å². The van der Waals surface area contributed by atoms with Gasteiger partial charge in [0.2, 0.25) is 15.6 Å². The smallest absolute Gasteiger partial charge is 0.325 e. The van der Waals surface area contributed by atoms with E-state index >= 15 is 0 Å². The molecule has 1 saturated carbocycles. The van der Waals surface area contributed by atoms with Crippen molar-refractivity contribution in [3.63, 3.8) is 0 Å². The number of fused-ring (bicyclic) bond motifs is 1. The number of benzene rings is 1. The van der Waals surface area contributed by atoms with Gasteiger partial charge in [0.15, 0.2) is 0 Å². The van der Waals surface area contributed by atoms with Crippen molar-refractivity contribution >= 4 is 75.3 Å². The quantitative estimate of drug-likeness (QED) is 0.186. The maximum atomic E-state index is 13.3. The van der Waals surface area contributed by atoms with E-state index in [0.29, 0.717) is 19.4 Å². The largest absolute Gasteiger partial charge is 0.460 e. The number of esters is 1. The number of ether oxygens (including phenoxy) is 1. The number of pyridine rings is 1. The van der Waals surface area contributed by atoms with Gasteiger partial charge in [0.05, 0.1) is 11.8 Å². The van der Waals surface area contributed by atoms with Crippen LogP contribution in [0.4, 0.5) is 0 Å². The van der Waals surface area contributed by atoms with Gasteiger partial charge in [-0.25, -0.2) is 5.43 Å². The molecule has 1 saturated heterocycles. The number of amides is 3. The zero-order chi connectivity index (χ0) is 34.5. The van der Waals surface area contributed by atoms with E-state index in [-0.39, 0.29) is 23.7 Å². The van der Waals surface area contributed by atoms with E-state index in [2.05, 4.69) is 21.0 Å². The maximum absolute atomic E-state index is 13.3. The lowest BCUT2D eigenvalue weighted by Crippen LogP contribution is -2.61. The van der Waals surface area contributed by atoms with Crippen LogP contribution in [0.3, 0.4) is 0 Å². The van der Waals surface area contributed by atoms with Crippen LogP contribution >= 0.6 is 34.8 Å². The second-order valence-electron chi connectivity index (χ2n) is 12.8. The molecule has 11 nitrogen and oxygen atoms in total. The molecular weight excluding hydrogens is 669 g/mol. The number of carbonyl (C=O) groups is 4. The second kappa shape index (κ2) is 15.5.